The highest BCUT2D eigenvalue weighted by Gasteiger charge is 2.20. The average molecular weight is 336 g/mol. The maximum atomic E-state index is 11.8. The van der Waals surface area contributed by atoms with Crippen molar-refractivity contribution in [3.63, 3.8) is 0 Å². The summed E-state index contributed by atoms with van der Waals surface area (Å²) in [5.74, 6) is -0.789. The molecule has 0 aromatic heterocycles. The second-order valence-corrected chi connectivity index (χ2v) is 6.88. The highest BCUT2D eigenvalue weighted by molar-refractivity contribution is 5.70. The monoisotopic (exact) mass is 336 g/mol. The van der Waals surface area contributed by atoms with Crippen LogP contribution in [0.25, 0.3) is 0 Å². The lowest BCUT2D eigenvalue weighted by atomic mass is 9.99. The molecule has 1 aromatic carbocycles. The van der Waals surface area contributed by atoms with Crippen molar-refractivity contribution in [2.45, 2.75) is 58.7 Å². The molecule has 134 valence electrons. The molecule has 0 amide bonds. The summed E-state index contributed by atoms with van der Waals surface area (Å²) in [6.07, 6.45) is 1.59. The summed E-state index contributed by atoms with van der Waals surface area (Å²) in [5, 5.41) is 9.37. The molecule has 24 heavy (non-hydrogen) atoms. The van der Waals surface area contributed by atoms with Gasteiger partial charge in [0.2, 0.25) is 0 Å². The van der Waals surface area contributed by atoms with Crippen LogP contribution in [-0.4, -0.2) is 29.3 Å². The van der Waals surface area contributed by atoms with Gasteiger partial charge in [0.1, 0.15) is 12.2 Å². The maximum Gasteiger partial charge on any atom is 0.306 e. The van der Waals surface area contributed by atoms with E-state index in [1.807, 2.05) is 51.1 Å². The zero-order valence-electron chi connectivity index (χ0n) is 14.8. The minimum Gasteiger partial charge on any atom is -0.461 e. The van der Waals surface area contributed by atoms with E-state index >= 15 is 0 Å². The van der Waals surface area contributed by atoms with E-state index in [0.717, 1.165) is 5.56 Å². The van der Waals surface area contributed by atoms with E-state index in [2.05, 4.69) is 0 Å². The molecule has 5 heteroatoms. The number of carbonyl (C=O) groups excluding carboxylic acids is 2. The molecule has 0 saturated carbocycles. The average Bonchev–Trinajstić information content (AvgIpc) is 2.51. The summed E-state index contributed by atoms with van der Waals surface area (Å²) in [6.45, 7) is 5.59. The van der Waals surface area contributed by atoms with Crippen LogP contribution in [0.3, 0.4) is 0 Å². The van der Waals surface area contributed by atoms with Gasteiger partial charge >= 0.3 is 11.9 Å². The first-order valence-electron chi connectivity index (χ1n) is 8.32. The Hall–Kier alpha value is -1.88. The van der Waals surface area contributed by atoms with Gasteiger partial charge in [0.15, 0.2) is 0 Å². The number of benzene rings is 1. The van der Waals surface area contributed by atoms with Gasteiger partial charge in [-0.15, -0.1) is 0 Å². The molecule has 1 aromatic rings. The summed E-state index contributed by atoms with van der Waals surface area (Å²) < 4.78 is 10.4. The third-order valence-corrected chi connectivity index (χ3v) is 3.37. The summed E-state index contributed by atoms with van der Waals surface area (Å²) in [7, 11) is 0. The number of ether oxygens (including phenoxy) is 2. The maximum absolute atomic E-state index is 11.8. The lowest BCUT2D eigenvalue weighted by molar-refractivity contribution is -0.156. The van der Waals surface area contributed by atoms with Crippen molar-refractivity contribution < 1.29 is 24.2 Å². The predicted molar refractivity (Wildman–Crippen MR) is 91.1 cm³/mol. The summed E-state index contributed by atoms with van der Waals surface area (Å²) in [6, 6.07) is 9.49. The van der Waals surface area contributed by atoms with E-state index in [-0.39, 0.29) is 43.9 Å². The van der Waals surface area contributed by atoms with Crippen molar-refractivity contribution in [1.29, 1.82) is 0 Å². The fourth-order valence-electron chi connectivity index (χ4n) is 2.22. The van der Waals surface area contributed by atoms with Gasteiger partial charge < -0.3 is 14.6 Å². The molecular weight excluding hydrogens is 308 g/mol. The van der Waals surface area contributed by atoms with Crippen LogP contribution in [0, 0.1) is 5.92 Å². The SMILES string of the molecule is CC(C)(C)OC(=O)C[C@H](CO)CCCC(=O)OCc1ccccc1. The number of esters is 2. The third kappa shape index (κ3) is 9.30. The molecule has 0 aliphatic heterocycles. The summed E-state index contributed by atoms with van der Waals surface area (Å²) >= 11 is 0. The lowest BCUT2D eigenvalue weighted by Crippen LogP contribution is -2.26. The Bertz CT molecular complexity index is 504. The van der Waals surface area contributed by atoms with Gasteiger partial charge in [0.25, 0.3) is 0 Å². The molecule has 1 rings (SSSR count). The quantitative estimate of drug-likeness (QED) is 0.701. The van der Waals surface area contributed by atoms with E-state index in [0.29, 0.717) is 12.8 Å². The Morgan fingerprint density at radius 2 is 1.79 bits per heavy atom. The molecule has 0 aliphatic carbocycles. The Morgan fingerprint density at radius 1 is 1.12 bits per heavy atom. The number of carbonyl (C=O) groups is 2. The fourth-order valence-corrected chi connectivity index (χ4v) is 2.22. The molecule has 0 aliphatic rings. The molecule has 0 fully saturated rings. The molecule has 0 saturated heterocycles. The van der Waals surface area contributed by atoms with Gasteiger partial charge in [-0.25, -0.2) is 0 Å². The smallest absolute Gasteiger partial charge is 0.306 e. The summed E-state index contributed by atoms with van der Waals surface area (Å²) in [5.41, 5.74) is 0.419. The zero-order valence-corrected chi connectivity index (χ0v) is 14.8. The highest BCUT2D eigenvalue weighted by atomic mass is 16.6. The zero-order chi connectivity index (χ0) is 18.0. The van der Waals surface area contributed by atoms with Crippen molar-refractivity contribution in [1.82, 2.24) is 0 Å². The van der Waals surface area contributed by atoms with E-state index < -0.39 is 5.60 Å². The van der Waals surface area contributed by atoms with Crippen LogP contribution in [-0.2, 0) is 25.7 Å². The fraction of sp³-hybridized carbons (Fsp3) is 0.579. The first-order valence-corrected chi connectivity index (χ1v) is 8.32. The van der Waals surface area contributed by atoms with Crippen LogP contribution in [0.5, 0.6) is 0 Å². The van der Waals surface area contributed by atoms with Gasteiger partial charge in [-0.3, -0.25) is 9.59 Å². The molecule has 0 heterocycles. The Balaban J connectivity index is 2.23. The Kier molecular flexibility index (Phi) is 8.47. The predicted octanol–water partition coefficient (Wildman–Crippen LogP) is 3.24. The number of rotatable bonds is 9. The third-order valence-electron chi connectivity index (χ3n) is 3.37. The number of aliphatic hydroxyl groups excluding tert-OH is 1. The van der Waals surface area contributed by atoms with Gasteiger partial charge in [-0.05, 0) is 45.1 Å². The highest BCUT2D eigenvalue weighted by Crippen LogP contribution is 2.16. The van der Waals surface area contributed by atoms with Crippen LogP contribution in [0.1, 0.15) is 52.0 Å². The molecule has 0 unspecified atom stereocenters. The van der Waals surface area contributed by atoms with Crippen LogP contribution in [0.2, 0.25) is 0 Å². The van der Waals surface area contributed by atoms with Crippen molar-refractivity contribution in [2.24, 2.45) is 5.92 Å². The molecular formula is C19H28O5. The standard InChI is InChI=1S/C19H28O5/c1-19(2,3)24-18(22)12-16(13-20)10-7-11-17(21)23-14-15-8-5-4-6-9-15/h4-6,8-9,16,20H,7,10-14H2,1-3H3/t16-/m1/s1. The normalized spacial score (nSPS) is 12.5. The van der Waals surface area contributed by atoms with Crippen LogP contribution in [0.15, 0.2) is 30.3 Å². The summed E-state index contributed by atoms with van der Waals surface area (Å²) in [4.78, 5) is 23.5. The van der Waals surface area contributed by atoms with Crippen molar-refractivity contribution >= 4 is 11.9 Å². The van der Waals surface area contributed by atoms with Crippen LogP contribution in [0.4, 0.5) is 0 Å². The topological polar surface area (TPSA) is 72.8 Å². The minimum atomic E-state index is -0.529. The first-order chi connectivity index (χ1) is 11.3. The lowest BCUT2D eigenvalue weighted by Gasteiger charge is -2.21. The number of hydrogen-bond acceptors (Lipinski definition) is 5. The second-order valence-electron chi connectivity index (χ2n) is 6.88. The van der Waals surface area contributed by atoms with E-state index in [4.69, 9.17) is 9.47 Å². The molecule has 0 spiro atoms. The molecule has 1 N–H and O–H groups in total. The molecule has 0 radical (unpaired) electrons. The first kappa shape index (κ1) is 20.2. The van der Waals surface area contributed by atoms with Crippen molar-refractivity contribution in [3.05, 3.63) is 35.9 Å². The second kappa shape index (κ2) is 10.1. The number of aliphatic hydroxyl groups is 1. The Labute approximate surface area is 144 Å². The van der Waals surface area contributed by atoms with Gasteiger partial charge in [0.05, 0.1) is 6.42 Å². The van der Waals surface area contributed by atoms with E-state index in [9.17, 15) is 14.7 Å². The molecule has 1 atom stereocenters. The molecule has 5 nitrogen and oxygen atoms in total. The van der Waals surface area contributed by atoms with Gasteiger partial charge in [0, 0.05) is 13.0 Å². The van der Waals surface area contributed by atoms with Crippen molar-refractivity contribution in [3.8, 4) is 0 Å². The minimum absolute atomic E-state index is 0.0989. The van der Waals surface area contributed by atoms with Gasteiger partial charge in [-0.2, -0.15) is 0 Å². The van der Waals surface area contributed by atoms with E-state index in [1.165, 1.54) is 0 Å². The largest absolute Gasteiger partial charge is 0.461 e. The Morgan fingerprint density at radius 3 is 2.38 bits per heavy atom. The van der Waals surface area contributed by atoms with Crippen molar-refractivity contribution in [2.75, 3.05) is 6.61 Å². The number of hydrogen-bond donors (Lipinski definition) is 1. The molecule has 0 bridgehead atoms. The van der Waals surface area contributed by atoms with Gasteiger partial charge in [-0.1, -0.05) is 30.3 Å². The van der Waals surface area contributed by atoms with Crippen LogP contribution >= 0.6 is 0 Å². The van der Waals surface area contributed by atoms with E-state index in [1.54, 1.807) is 0 Å². The van der Waals surface area contributed by atoms with Crippen LogP contribution < -0.4 is 0 Å².